The molecule has 2 bridgehead atoms. The average Bonchev–Trinajstić information content (AvgIpc) is 2.71. The molecular formula is C11H13NO6. The predicted molar refractivity (Wildman–Crippen MR) is 55.2 cm³/mol. The Labute approximate surface area is 102 Å². The Morgan fingerprint density at radius 3 is 2.22 bits per heavy atom. The highest BCUT2D eigenvalue weighted by atomic mass is 16.6. The van der Waals surface area contributed by atoms with Crippen LogP contribution in [0.25, 0.3) is 0 Å². The van der Waals surface area contributed by atoms with E-state index in [1.165, 1.54) is 13.8 Å². The van der Waals surface area contributed by atoms with Gasteiger partial charge in [0.15, 0.2) is 0 Å². The SMILES string of the molecule is CC12OC(C)(C(C(=O)O)C1O)C1C(=O)NC(=O)C12. The van der Waals surface area contributed by atoms with Crippen LogP contribution in [0.5, 0.6) is 0 Å². The van der Waals surface area contributed by atoms with Crippen molar-refractivity contribution in [3.63, 3.8) is 0 Å². The minimum atomic E-state index is -1.35. The molecule has 0 radical (unpaired) electrons. The third-order valence-corrected chi connectivity index (χ3v) is 4.61. The van der Waals surface area contributed by atoms with Crippen molar-refractivity contribution in [2.75, 3.05) is 0 Å². The fraction of sp³-hybridized carbons (Fsp3) is 0.727. The molecule has 0 aromatic carbocycles. The maximum Gasteiger partial charge on any atom is 0.312 e. The Hall–Kier alpha value is -1.47. The summed E-state index contributed by atoms with van der Waals surface area (Å²) in [5, 5.41) is 21.5. The number of rotatable bonds is 1. The summed E-state index contributed by atoms with van der Waals surface area (Å²) in [4.78, 5) is 34.8. The minimum absolute atomic E-state index is 0.501. The fourth-order valence-corrected chi connectivity index (χ4v) is 3.89. The summed E-state index contributed by atoms with van der Waals surface area (Å²) in [5.74, 6) is -5.12. The molecular weight excluding hydrogens is 242 g/mol. The number of aliphatic hydroxyl groups excluding tert-OH is 1. The summed E-state index contributed by atoms with van der Waals surface area (Å²) in [5.41, 5.74) is -2.67. The van der Waals surface area contributed by atoms with Crippen LogP contribution in [0.4, 0.5) is 0 Å². The number of hydrogen-bond donors (Lipinski definition) is 3. The molecule has 0 spiro atoms. The van der Waals surface area contributed by atoms with Crippen molar-refractivity contribution in [3.8, 4) is 0 Å². The van der Waals surface area contributed by atoms with Crippen LogP contribution in [-0.4, -0.2) is 45.3 Å². The molecule has 18 heavy (non-hydrogen) atoms. The molecule has 3 rings (SSSR count). The standard InChI is InChI=1S/C11H13NO6/c1-10-3-4(8(15)12-7(3)14)11(2,18-10)6(13)5(10)9(16)17/h3-6,13H,1-2H3,(H,16,17)(H,12,14,15). The summed E-state index contributed by atoms with van der Waals surface area (Å²) in [6, 6.07) is 0. The van der Waals surface area contributed by atoms with Crippen molar-refractivity contribution in [1.29, 1.82) is 0 Å². The predicted octanol–water partition coefficient (Wildman–Crippen LogP) is -1.50. The third kappa shape index (κ3) is 0.964. The van der Waals surface area contributed by atoms with Gasteiger partial charge in [-0.05, 0) is 13.8 Å². The van der Waals surface area contributed by atoms with Crippen LogP contribution in [0.1, 0.15) is 13.8 Å². The first-order valence-electron chi connectivity index (χ1n) is 5.69. The number of imide groups is 1. The van der Waals surface area contributed by atoms with Gasteiger partial charge in [0, 0.05) is 0 Å². The second-order valence-corrected chi connectivity index (χ2v) is 5.54. The summed E-state index contributed by atoms with van der Waals surface area (Å²) in [6.07, 6.45) is -1.31. The van der Waals surface area contributed by atoms with E-state index in [9.17, 15) is 24.6 Å². The molecule has 3 saturated heterocycles. The average molecular weight is 255 g/mol. The van der Waals surface area contributed by atoms with Gasteiger partial charge in [0.1, 0.15) is 11.5 Å². The first kappa shape index (κ1) is 11.6. The molecule has 3 aliphatic rings. The molecule has 7 heteroatoms. The summed E-state index contributed by atoms with van der Waals surface area (Å²) in [6.45, 7) is 2.96. The first-order chi connectivity index (χ1) is 8.23. The number of aliphatic hydroxyl groups is 1. The van der Waals surface area contributed by atoms with E-state index in [0.29, 0.717) is 0 Å². The van der Waals surface area contributed by atoms with Gasteiger partial charge >= 0.3 is 5.97 Å². The van der Waals surface area contributed by atoms with Crippen molar-refractivity contribution in [2.24, 2.45) is 17.8 Å². The molecule has 0 aliphatic carbocycles. The number of carbonyl (C=O) groups excluding carboxylic acids is 2. The van der Waals surface area contributed by atoms with Crippen LogP contribution in [0.2, 0.25) is 0 Å². The van der Waals surface area contributed by atoms with Gasteiger partial charge in [-0.2, -0.15) is 0 Å². The number of ether oxygens (including phenoxy) is 1. The highest BCUT2D eigenvalue weighted by molar-refractivity contribution is 6.07. The zero-order valence-electron chi connectivity index (χ0n) is 9.84. The van der Waals surface area contributed by atoms with E-state index >= 15 is 0 Å². The first-order valence-corrected chi connectivity index (χ1v) is 5.69. The van der Waals surface area contributed by atoms with E-state index in [0.717, 1.165) is 0 Å². The van der Waals surface area contributed by atoms with E-state index < -0.39 is 52.8 Å². The molecule has 6 unspecified atom stereocenters. The van der Waals surface area contributed by atoms with E-state index in [-0.39, 0.29) is 0 Å². The molecule has 98 valence electrons. The lowest BCUT2D eigenvalue weighted by molar-refractivity contribution is -0.154. The lowest BCUT2D eigenvalue weighted by atomic mass is 9.62. The third-order valence-electron chi connectivity index (χ3n) is 4.61. The van der Waals surface area contributed by atoms with Gasteiger partial charge in [0.25, 0.3) is 0 Å². The van der Waals surface area contributed by atoms with Crippen LogP contribution >= 0.6 is 0 Å². The van der Waals surface area contributed by atoms with Gasteiger partial charge in [0.05, 0.1) is 23.5 Å². The highest BCUT2D eigenvalue weighted by Gasteiger charge is 2.79. The molecule has 0 saturated carbocycles. The maximum atomic E-state index is 11.8. The second-order valence-electron chi connectivity index (χ2n) is 5.54. The Balaban J connectivity index is 2.17. The second kappa shape index (κ2) is 2.92. The topological polar surface area (TPSA) is 113 Å². The van der Waals surface area contributed by atoms with Gasteiger partial charge in [-0.1, -0.05) is 0 Å². The van der Waals surface area contributed by atoms with Crippen LogP contribution in [0.3, 0.4) is 0 Å². The summed E-state index contributed by atoms with van der Waals surface area (Å²) in [7, 11) is 0. The smallest absolute Gasteiger partial charge is 0.312 e. The summed E-state index contributed by atoms with van der Waals surface area (Å²) >= 11 is 0. The Morgan fingerprint density at radius 2 is 1.72 bits per heavy atom. The number of carboxylic acid groups (broad SMARTS) is 1. The van der Waals surface area contributed by atoms with Crippen LogP contribution in [0, 0.1) is 17.8 Å². The van der Waals surface area contributed by atoms with Gasteiger partial charge in [0.2, 0.25) is 11.8 Å². The molecule has 3 N–H and O–H groups in total. The van der Waals surface area contributed by atoms with Crippen LogP contribution in [-0.2, 0) is 19.1 Å². The lowest BCUT2D eigenvalue weighted by Gasteiger charge is -2.36. The van der Waals surface area contributed by atoms with Crippen LogP contribution in [0.15, 0.2) is 0 Å². The zero-order valence-corrected chi connectivity index (χ0v) is 9.84. The molecule has 0 aromatic rings. The molecule has 3 aliphatic heterocycles. The molecule has 7 nitrogen and oxygen atoms in total. The Morgan fingerprint density at radius 1 is 1.22 bits per heavy atom. The van der Waals surface area contributed by atoms with E-state index in [1.54, 1.807) is 0 Å². The van der Waals surface area contributed by atoms with Gasteiger partial charge in [-0.15, -0.1) is 0 Å². The molecule has 2 amide bonds. The van der Waals surface area contributed by atoms with Crippen molar-refractivity contribution < 1.29 is 29.3 Å². The Bertz CT molecular complexity index is 490. The lowest BCUT2D eigenvalue weighted by Crippen LogP contribution is -2.56. The molecule has 0 aromatic heterocycles. The highest BCUT2D eigenvalue weighted by Crippen LogP contribution is 2.61. The minimum Gasteiger partial charge on any atom is -0.481 e. The monoisotopic (exact) mass is 255 g/mol. The van der Waals surface area contributed by atoms with E-state index in [2.05, 4.69) is 5.32 Å². The van der Waals surface area contributed by atoms with Gasteiger partial charge in [-0.25, -0.2) is 0 Å². The molecule has 3 fully saturated rings. The number of aliphatic carboxylic acids is 1. The number of hydrogen-bond acceptors (Lipinski definition) is 5. The van der Waals surface area contributed by atoms with E-state index in [1.807, 2.05) is 0 Å². The van der Waals surface area contributed by atoms with Gasteiger partial charge < -0.3 is 14.9 Å². The Kier molecular flexibility index (Phi) is 1.88. The van der Waals surface area contributed by atoms with Crippen molar-refractivity contribution in [2.45, 2.75) is 31.2 Å². The fourth-order valence-electron chi connectivity index (χ4n) is 3.89. The number of amides is 2. The van der Waals surface area contributed by atoms with Crippen LogP contribution < -0.4 is 5.32 Å². The maximum absolute atomic E-state index is 11.8. The van der Waals surface area contributed by atoms with E-state index in [4.69, 9.17) is 4.74 Å². The zero-order chi connectivity index (χ0) is 13.5. The van der Waals surface area contributed by atoms with Gasteiger partial charge in [-0.3, -0.25) is 19.7 Å². The summed E-state index contributed by atoms with van der Waals surface area (Å²) < 4.78 is 5.63. The van der Waals surface area contributed by atoms with Crippen molar-refractivity contribution >= 4 is 17.8 Å². The number of fused-ring (bicyclic) bond motifs is 5. The van der Waals surface area contributed by atoms with Crippen molar-refractivity contribution in [3.05, 3.63) is 0 Å². The largest absolute Gasteiger partial charge is 0.481 e. The number of nitrogens with one attached hydrogen (secondary N) is 1. The number of carboxylic acids is 1. The molecule has 6 atom stereocenters. The van der Waals surface area contributed by atoms with Crippen molar-refractivity contribution in [1.82, 2.24) is 5.32 Å². The quantitative estimate of drug-likeness (QED) is 0.491. The molecule has 3 heterocycles. The number of carbonyl (C=O) groups is 3. The normalized spacial score (nSPS) is 53.5.